The molecule has 2 fully saturated rings. The summed E-state index contributed by atoms with van der Waals surface area (Å²) in [5.74, 6) is 0.673. The normalized spacial score (nSPS) is 20.8. The van der Waals surface area contributed by atoms with Crippen molar-refractivity contribution >= 4 is 5.96 Å². The van der Waals surface area contributed by atoms with E-state index in [2.05, 4.69) is 34.5 Å². The van der Waals surface area contributed by atoms with Gasteiger partial charge in [-0.15, -0.1) is 0 Å². The van der Waals surface area contributed by atoms with Gasteiger partial charge in [-0.2, -0.15) is 0 Å². The molecule has 0 heterocycles. The van der Waals surface area contributed by atoms with Crippen LogP contribution in [0.15, 0.2) is 29.3 Å². The first-order chi connectivity index (χ1) is 11.5. The largest absolute Gasteiger partial charge is 0.356 e. The number of benzene rings is 1. The molecule has 1 atom stereocenters. The lowest BCUT2D eigenvalue weighted by Gasteiger charge is -2.26. The van der Waals surface area contributed by atoms with Crippen molar-refractivity contribution in [2.24, 2.45) is 4.99 Å². The molecule has 2 N–H and O–H groups in total. The van der Waals surface area contributed by atoms with Gasteiger partial charge in [0.25, 0.3) is 0 Å². The second-order valence-electron chi connectivity index (χ2n) is 7.34. The number of hydrogen-bond donors (Lipinski definition) is 2. The molecule has 0 aromatic heterocycles. The van der Waals surface area contributed by atoms with Gasteiger partial charge in [0.2, 0.25) is 0 Å². The van der Waals surface area contributed by atoms with E-state index in [9.17, 15) is 4.39 Å². The van der Waals surface area contributed by atoms with Crippen LogP contribution >= 0.6 is 0 Å². The molecule has 1 unspecified atom stereocenters. The van der Waals surface area contributed by atoms with Crippen molar-refractivity contribution in [1.82, 2.24) is 15.5 Å². The SMILES string of the molecule is CN=C(NCC(C)N(C)C1CC1)NCC1(c2cccc(F)c2)CC1. The lowest BCUT2D eigenvalue weighted by Crippen LogP contribution is -2.47. The van der Waals surface area contributed by atoms with Gasteiger partial charge in [-0.25, -0.2) is 4.39 Å². The van der Waals surface area contributed by atoms with Gasteiger partial charge in [-0.1, -0.05) is 12.1 Å². The van der Waals surface area contributed by atoms with Crippen LogP contribution in [0.3, 0.4) is 0 Å². The van der Waals surface area contributed by atoms with Gasteiger partial charge in [0.15, 0.2) is 5.96 Å². The Hall–Kier alpha value is -1.62. The zero-order chi connectivity index (χ0) is 17.2. The molecule has 2 aliphatic carbocycles. The number of aliphatic imine (C=N–C) groups is 1. The van der Waals surface area contributed by atoms with Gasteiger partial charge < -0.3 is 10.6 Å². The van der Waals surface area contributed by atoms with E-state index in [1.165, 1.54) is 18.9 Å². The van der Waals surface area contributed by atoms with E-state index in [0.717, 1.165) is 43.5 Å². The molecular formula is C19H29FN4. The predicted molar refractivity (Wildman–Crippen MR) is 96.9 cm³/mol. The predicted octanol–water partition coefficient (Wildman–Crippen LogP) is 2.51. The highest BCUT2D eigenvalue weighted by Crippen LogP contribution is 2.47. The topological polar surface area (TPSA) is 39.7 Å². The van der Waals surface area contributed by atoms with Crippen LogP contribution in [-0.2, 0) is 5.41 Å². The molecule has 0 spiro atoms. The van der Waals surface area contributed by atoms with E-state index in [1.807, 2.05) is 6.07 Å². The van der Waals surface area contributed by atoms with E-state index in [0.29, 0.717) is 6.04 Å². The quantitative estimate of drug-likeness (QED) is 0.595. The molecule has 0 saturated heterocycles. The zero-order valence-electron chi connectivity index (χ0n) is 15.0. The van der Waals surface area contributed by atoms with Crippen molar-refractivity contribution in [3.05, 3.63) is 35.6 Å². The minimum atomic E-state index is -0.154. The molecular weight excluding hydrogens is 303 g/mol. The van der Waals surface area contributed by atoms with Gasteiger partial charge in [0, 0.05) is 37.6 Å². The monoisotopic (exact) mass is 332 g/mol. The third kappa shape index (κ3) is 4.07. The van der Waals surface area contributed by atoms with E-state index in [4.69, 9.17) is 0 Å². The Morgan fingerprint density at radius 1 is 1.38 bits per heavy atom. The minimum absolute atomic E-state index is 0.0656. The van der Waals surface area contributed by atoms with Gasteiger partial charge in [-0.05, 0) is 57.4 Å². The van der Waals surface area contributed by atoms with Crippen LogP contribution in [-0.4, -0.2) is 50.1 Å². The smallest absolute Gasteiger partial charge is 0.191 e. The molecule has 0 radical (unpaired) electrons. The number of nitrogens with zero attached hydrogens (tertiary/aromatic N) is 2. The molecule has 0 amide bonds. The van der Waals surface area contributed by atoms with Crippen molar-refractivity contribution in [2.45, 2.75) is 50.1 Å². The molecule has 5 heteroatoms. The van der Waals surface area contributed by atoms with Crippen LogP contribution in [0, 0.1) is 5.82 Å². The van der Waals surface area contributed by atoms with Crippen molar-refractivity contribution < 1.29 is 4.39 Å². The third-order valence-electron chi connectivity index (χ3n) is 5.49. The molecule has 24 heavy (non-hydrogen) atoms. The molecule has 1 aromatic carbocycles. The first-order valence-corrected chi connectivity index (χ1v) is 8.96. The summed E-state index contributed by atoms with van der Waals surface area (Å²) in [7, 11) is 4.00. The number of hydrogen-bond acceptors (Lipinski definition) is 2. The average Bonchev–Trinajstić information content (AvgIpc) is 3.48. The van der Waals surface area contributed by atoms with Gasteiger partial charge in [-0.3, -0.25) is 9.89 Å². The van der Waals surface area contributed by atoms with Crippen molar-refractivity contribution in [3.8, 4) is 0 Å². The number of halogens is 1. The average molecular weight is 332 g/mol. The third-order valence-corrected chi connectivity index (χ3v) is 5.49. The maximum atomic E-state index is 13.5. The lowest BCUT2D eigenvalue weighted by molar-refractivity contribution is 0.247. The van der Waals surface area contributed by atoms with E-state index >= 15 is 0 Å². The Kier molecular flexibility index (Phi) is 5.09. The molecule has 0 bridgehead atoms. The molecule has 3 rings (SSSR count). The standard InChI is InChI=1S/C19H29FN4/c1-14(24(3)17-7-8-17)12-22-18(21-2)23-13-19(9-10-19)15-5-4-6-16(20)11-15/h4-6,11,14,17H,7-10,12-13H2,1-3H3,(H2,21,22,23). The Balaban J connectivity index is 1.49. The Labute approximate surface area is 144 Å². The molecule has 4 nitrogen and oxygen atoms in total. The van der Waals surface area contributed by atoms with E-state index < -0.39 is 0 Å². The highest BCUT2D eigenvalue weighted by atomic mass is 19.1. The summed E-state index contributed by atoms with van der Waals surface area (Å²) in [5, 5.41) is 6.85. The summed E-state index contributed by atoms with van der Waals surface area (Å²) in [5.41, 5.74) is 1.16. The van der Waals surface area contributed by atoms with Crippen LogP contribution < -0.4 is 10.6 Å². The van der Waals surface area contributed by atoms with Crippen LogP contribution in [0.25, 0.3) is 0 Å². The number of rotatable bonds is 7. The van der Waals surface area contributed by atoms with Crippen molar-refractivity contribution in [2.75, 3.05) is 27.2 Å². The molecule has 0 aliphatic heterocycles. The first-order valence-electron chi connectivity index (χ1n) is 8.96. The summed E-state index contributed by atoms with van der Waals surface area (Å²) >= 11 is 0. The fourth-order valence-corrected chi connectivity index (χ4v) is 3.24. The number of guanidine groups is 1. The van der Waals surface area contributed by atoms with Gasteiger partial charge in [0.05, 0.1) is 0 Å². The van der Waals surface area contributed by atoms with Crippen LogP contribution in [0.5, 0.6) is 0 Å². The highest BCUT2D eigenvalue weighted by molar-refractivity contribution is 5.79. The summed E-state index contributed by atoms with van der Waals surface area (Å²) < 4.78 is 13.5. The van der Waals surface area contributed by atoms with E-state index in [1.54, 1.807) is 19.2 Å². The number of nitrogens with one attached hydrogen (secondary N) is 2. The molecule has 2 saturated carbocycles. The summed E-state index contributed by atoms with van der Waals surface area (Å²) in [6, 6.07) is 8.24. The van der Waals surface area contributed by atoms with Gasteiger partial charge >= 0.3 is 0 Å². The van der Waals surface area contributed by atoms with Crippen LogP contribution in [0.4, 0.5) is 4.39 Å². The summed E-state index contributed by atoms with van der Waals surface area (Å²) in [6.45, 7) is 3.91. The lowest BCUT2D eigenvalue weighted by atomic mass is 9.96. The Morgan fingerprint density at radius 2 is 2.12 bits per heavy atom. The van der Waals surface area contributed by atoms with Gasteiger partial charge in [0.1, 0.15) is 5.82 Å². The van der Waals surface area contributed by atoms with Crippen molar-refractivity contribution in [1.29, 1.82) is 0 Å². The second-order valence-corrected chi connectivity index (χ2v) is 7.34. The Morgan fingerprint density at radius 3 is 2.71 bits per heavy atom. The maximum Gasteiger partial charge on any atom is 0.191 e. The maximum absolute atomic E-state index is 13.5. The van der Waals surface area contributed by atoms with Crippen LogP contribution in [0.1, 0.15) is 38.2 Å². The first kappa shape index (κ1) is 17.2. The summed E-state index contributed by atoms with van der Waals surface area (Å²) in [6.07, 6.45) is 4.84. The summed E-state index contributed by atoms with van der Waals surface area (Å²) in [4.78, 5) is 6.76. The number of likely N-dealkylation sites (N-methyl/N-ethyl adjacent to an activating group) is 1. The molecule has 132 valence electrons. The zero-order valence-corrected chi connectivity index (χ0v) is 15.0. The Bertz CT molecular complexity index is 593. The highest BCUT2D eigenvalue weighted by Gasteiger charge is 2.44. The second kappa shape index (κ2) is 7.09. The minimum Gasteiger partial charge on any atom is -0.356 e. The van der Waals surface area contributed by atoms with E-state index in [-0.39, 0.29) is 11.2 Å². The van der Waals surface area contributed by atoms with Crippen LogP contribution in [0.2, 0.25) is 0 Å². The fraction of sp³-hybridized carbons (Fsp3) is 0.632. The fourth-order valence-electron chi connectivity index (χ4n) is 3.24. The molecule has 1 aromatic rings. The van der Waals surface area contributed by atoms with Crippen molar-refractivity contribution in [3.63, 3.8) is 0 Å². The molecule has 2 aliphatic rings.